The fourth-order valence-corrected chi connectivity index (χ4v) is 9.80. The SMILES string of the molecule is CCC(CC)C1=CC2(CC(C(CC)CC)=C1)c1cc3c(C)cc(C)cc3c3c1-c1c4c(cc(CC(C)(C)C)cc4nc[n+]12)C3(C)C. The van der Waals surface area contributed by atoms with Gasteiger partial charge in [0.1, 0.15) is 5.69 Å². The highest BCUT2D eigenvalue weighted by Crippen LogP contribution is 2.58. The number of aromatic nitrogens is 2. The Morgan fingerprint density at radius 2 is 1.54 bits per heavy atom. The Morgan fingerprint density at radius 3 is 2.20 bits per heavy atom. The first kappa shape index (κ1) is 31.3. The van der Waals surface area contributed by atoms with Gasteiger partial charge in [0.2, 0.25) is 0 Å². The summed E-state index contributed by atoms with van der Waals surface area (Å²) in [5, 5.41) is 4.21. The second-order valence-corrected chi connectivity index (χ2v) is 16.7. The Kier molecular flexibility index (Phi) is 7.24. The molecule has 3 aromatic carbocycles. The largest absolute Gasteiger partial charge is 0.288 e. The fraction of sp³-hybridized carbons (Fsp3) is 0.500. The molecular formula is C44H55N2+. The molecule has 1 aromatic heterocycles. The van der Waals surface area contributed by atoms with E-state index in [1.165, 1.54) is 92.1 Å². The van der Waals surface area contributed by atoms with Gasteiger partial charge >= 0.3 is 0 Å². The second-order valence-electron chi connectivity index (χ2n) is 16.7. The summed E-state index contributed by atoms with van der Waals surface area (Å²) in [4.78, 5) is 5.37. The van der Waals surface area contributed by atoms with Gasteiger partial charge in [0.15, 0.2) is 11.1 Å². The highest BCUT2D eigenvalue weighted by molar-refractivity contribution is 6.07. The van der Waals surface area contributed by atoms with E-state index in [1.54, 1.807) is 5.57 Å². The maximum atomic E-state index is 5.37. The van der Waals surface area contributed by atoms with Crippen LogP contribution in [-0.2, 0) is 17.4 Å². The topological polar surface area (TPSA) is 16.8 Å². The van der Waals surface area contributed by atoms with Crippen LogP contribution in [0.4, 0.5) is 0 Å². The molecule has 1 aliphatic heterocycles. The number of nitrogens with zero attached hydrogens (tertiary/aromatic N) is 2. The lowest BCUT2D eigenvalue weighted by Gasteiger charge is -2.36. The number of fused-ring (bicyclic) bond motifs is 4. The molecule has 46 heavy (non-hydrogen) atoms. The minimum absolute atomic E-state index is 0.167. The molecule has 0 amide bonds. The molecule has 3 aliphatic rings. The van der Waals surface area contributed by atoms with Crippen molar-refractivity contribution in [1.82, 2.24) is 4.98 Å². The van der Waals surface area contributed by atoms with Gasteiger partial charge in [-0.25, -0.2) is 4.57 Å². The first-order chi connectivity index (χ1) is 21.8. The van der Waals surface area contributed by atoms with E-state index >= 15 is 0 Å². The molecule has 240 valence electrons. The van der Waals surface area contributed by atoms with E-state index in [0.29, 0.717) is 11.8 Å². The van der Waals surface area contributed by atoms with Crippen LogP contribution in [0.25, 0.3) is 32.9 Å². The van der Waals surface area contributed by atoms with Crippen LogP contribution in [0.15, 0.2) is 60.0 Å². The predicted molar refractivity (Wildman–Crippen MR) is 196 cm³/mol. The van der Waals surface area contributed by atoms with Crippen molar-refractivity contribution < 1.29 is 4.57 Å². The molecule has 2 heteroatoms. The van der Waals surface area contributed by atoms with Crippen LogP contribution in [0, 0.1) is 31.1 Å². The van der Waals surface area contributed by atoms with E-state index in [9.17, 15) is 0 Å². The highest BCUT2D eigenvalue weighted by Gasteiger charge is 2.54. The number of allylic oxidation sites excluding steroid dienone is 4. The van der Waals surface area contributed by atoms with E-state index in [4.69, 9.17) is 4.98 Å². The average Bonchev–Trinajstić information content (AvgIpc) is 3.23. The van der Waals surface area contributed by atoms with Gasteiger partial charge in [0.25, 0.3) is 6.33 Å². The van der Waals surface area contributed by atoms with Crippen LogP contribution in [0.2, 0.25) is 0 Å². The molecule has 0 saturated carbocycles. The molecule has 2 heterocycles. The van der Waals surface area contributed by atoms with Crippen molar-refractivity contribution in [2.45, 2.75) is 126 Å². The molecule has 0 radical (unpaired) electrons. The Balaban J connectivity index is 1.66. The molecule has 1 atom stereocenters. The number of benzene rings is 3. The summed E-state index contributed by atoms with van der Waals surface area (Å²) >= 11 is 0. The highest BCUT2D eigenvalue weighted by atomic mass is 15.1. The average molecular weight is 612 g/mol. The van der Waals surface area contributed by atoms with Crippen LogP contribution >= 0.6 is 0 Å². The summed E-state index contributed by atoms with van der Waals surface area (Å²) in [5.41, 5.74) is 15.5. The van der Waals surface area contributed by atoms with Gasteiger partial charge in [-0.05, 0) is 125 Å². The molecule has 0 N–H and O–H groups in total. The van der Waals surface area contributed by atoms with E-state index in [1.807, 2.05) is 0 Å². The van der Waals surface area contributed by atoms with Gasteiger partial charge < -0.3 is 0 Å². The Hall–Kier alpha value is -3.26. The fourth-order valence-electron chi connectivity index (χ4n) is 9.80. The third-order valence-electron chi connectivity index (χ3n) is 11.9. The molecule has 0 fully saturated rings. The molecule has 1 spiro atoms. The summed E-state index contributed by atoms with van der Waals surface area (Å²) < 4.78 is 2.64. The van der Waals surface area contributed by atoms with Crippen LogP contribution in [0.3, 0.4) is 0 Å². The lowest BCUT2D eigenvalue weighted by Crippen LogP contribution is -2.55. The standard InChI is InChI=1S/C44H55N2/c1-12-29(13-2)31-20-32(30(14-3)15-4)24-44(23-31)36-21-33-27(6)16-26(5)17-34(33)40-39(36)41-38-35(43(40,10)11)18-28(22-42(7,8)9)19-37(38)45-25-46(41)44/h16-21,23,25,29-30H,12-15,22,24H2,1-11H3/q+1. The van der Waals surface area contributed by atoms with Crippen molar-refractivity contribution in [3.05, 3.63) is 93.3 Å². The van der Waals surface area contributed by atoms with E-state index in [0.717, 1.165) is 18.4 Å². The van der Waals surface area contributed by atoms with Crippen molar-refractivity contribution in [2.75, 3.05) is 0 Å². The van der Waals surface area contributed by atoms with Crippen molar-refractivity contribution in [1.29, 1.82) is 0 Å². The summed E-state index contributed by atoms with van der Waals surface area (Å²) in [6.45, 7) is 26.1. The summed E-state index contributed by atoms with van der Waals surface area (Å²) in [5.74, 6) is 1.15. The molecule has 0 bridgehead atoms. The molecule has 1 unspecified atom stereocenters. The molecule has 7 rings (SSSR count). The zero-order valence-corrected chi connectivity index (χ0v) is 30.4. The zero-order chi connectivity index (χ0) is 32.9. The third kappa shape index (κ3) is 4.41. The third-order valence-corrected chi connectivity index (χ3v) is 11.9. The zero-order valence-electron chi connectivity index (χ0n) is 30.4. The van der Waals surface area contributed by atoms with Crippen LogP contribution < -0.4 is 4.57 Å². The van der Waals surface area contributed by atoms with E-state index in [2.05, 4.69) is 130 Å². The first-order valence-corrected chi connectivity index (χ1v) is 18.2. The van der Waals surface area contributed by atoms with Crippen molar-refractivity contribution >= 4 is 21.7 Å². The predicted octanol–water partition coefficient (Wildman–Crippen LogP) is 11.4. The smallest absolute Gasteiger partial charge is 0.215 e. The van der Waals surface area contributed by atoms with Gasteiger partial charge in [-0.1, -0.05) is 97.7 Å². The normalized spacial score (nSPS) is 19.6. The molecule has 2 aliphatic carbocycles. The van der Waals surface area contributed by atoms with Crippen LogP contribution in [0.1, 0.15) is 128 Å². The Labute approximate surface area is 278 Å². The maximum Gasteiger partial charge on any atom is 0.288 e. The van der Waals surface area contributed by atoms with Gasteiger partial charge in [-0.3, -0.25) is 0 Å². The monoisotopic (exact) mass is 611 g/mol. The van der Waals surface area contributed by atoms with Gasteiger partial charge in [-0.2, -0.15) is 0 Å². The maximum absolute atomic E-state index is 5.37. The lowest BCUT2D eigenvalue weighted by molar-refractivity contribution is -0.728. The lowest BCUT2D eigenvalue weighted by atomic mass is 9.65. The van der Waals surface area contributed by atoms with Crippen molar-refractivity contribution in [2.24, 2.45) is 17.3 Å². The second kappa shape index (κ2) is 10.6. The molecular weight excluding hydrogens is 556 g/mol. The van der Waals surface area contributed by atoms with Gasteiger partial charge in [0, 0.05) is 23.0 Å². The summed E-state index contributed by atoms with van der Waals surface area (Å²) in [6, 6.07) is 12.4. The van der Waals surface area contributed by atoms with Crippen molar-refractivity contribution in [3.63, 3.8) is 0 Å². The Bertz CT molecular complexity index is 1970. The summed E-state index contributed by atoms with van der Waals surface area (Å²) in [7, 11) is 0. The summed E-state index contributed by atoms with van der Waals surface area (Å²) in [6.07, 6.45) is 14.3. The molecule has 2 nitrogen and oxygen atoms in total. The van der Waals surface area contributed by atoms with Gasteiger partial charge in [-0.15, -0.1) is 0 Å². The van der Waals surface area contributed by atoms with Crippen molar-refractivity contribution in [3.8, 4) is 11.3 Å². The van der Waals surface area contributed by atoms with Gasteiger partial charge in [0.05, 0.1) is 5.39 Å². The van der Waals surface area contributed by atoms with E-state index in [-0.39, 0.29) is 16.4 Å². The number of hydrogen-bond acceptors (Lipinski definition) is 1. The Morgan fingerprint density at radius 1 is 0.848 bits per heavy atom. The quantitative estimate of drug-likeness (QED) is 0.190. The number of hydrogen-bond donors (Lipinski definition) is 0. The first-order valence-electron chi connectivity index (χ1n) is 18.2. The number of aryl methyl sites for hydroxylation is 2. The van der Waals surface area contributed by atoms with E-state index < -0.39 is 0 Å². The van der Waals surface area contributed by atoms with Crippen LogP contribution in [0.5, 0.6) is 0 Å². The minimum Gasteiger partial charge on any atom is -0.215 e. The number of rotatable bonds is 7. The molecule has 0 saturated heterocycles. The van der Waals surface area contributed by atoms with Crippen LogP contribution in [-0.4, -0.2) is 4.98 Å². The minimum atomic E-state index is -0.279. The molecule has 4 aromatic rings.